The fourth-order valence-electron chi connectivity index (χ4n) is 2.11. The normalized spacial score (nSPS) is 33.3. The van der Waals surface area contributed by atoms with Crippen molar-refractivity contribution in [3.63, 3.8) is 0 Å². The molecule has 1 saturated heterocycles. The Morgan fingerprint density at radius 3 is 2.43 bits per heavy atom. The zero-order valence-corrected chi connectivity index (χ0v) is 11.5. The number of hydrogen-bond acceptors (Lipinski definition) is 7. The molecule has 0 aromatic heterocycles. The molecule has 1 heterocycles. The van der Waals surface area contributed by atoms with Gasteiger partial charge in [0.25, 0.3) is 0 Å². The molecule has 1 aliphatic rings. The highest BCUT2D eigenvalue weighted by Gasteiger charge is 2.43. The van der Waals surface area contributed by atoms with Crippen LogP contribution in [-0.2, 0) is 4.74 Å². The van der Waals surface area contributed by atoms with E-state index in [1.165, 1.54) is 6.21 Å². The first kappa shape index (κ1) is 15.9. The minimum atomic E-state index is -1.39. The molecule has 116 valence electrons. The van der Waals surface area contributed by atoms with Crippen LogP contribution in [0.4, 0.5) is 0 Å². The lowest BCUT2D eigenvalue weighted by Gasteiger charge is -2.38. The Morgan fingerprint density at radius 1 is 1.19 bits per heavy atom. The summed E-state index contributed by atoms with van der Waals surface area (Å²) in [5, 5.41) is 38.5. The Kier molecular flexibility index (Phi) is 5.27. The molecule has 7 nitrogen and oxygen atoms in total. The molecule has 0 radical (unpaired) electrons. The largest absolute Gasteiger partial charge is 0.497 e. The number of nitrogens with zero attached hydrogens (tertiary/aromatic N) is 1. The van der Waals surface area contributed by atoms with Crippen LogP contribution in [0.15, 0.2) is 29.3 Å². The molecular weight excluding hydrogens is 278 g/mol. The van der Waals surface area contributed by atoms with Crippen molar-refractivity contribution < 1.29 is 29.9 Å². The highest BCUT2D eigenvalue weighted by Crippen LogP contribution is 2.22. The number of aliphatic hydroxyl groups excluding tert-OH is 4. The van der Waals surface area contributed by atoms with Crippen LogP contribution in [0.25, 0.3) is 0 Å². The SMILES string of the molecule is COc1ccc(C=N[C@@H]2[C@@H](O)[C@@H](O)[C@@H](CO)O[C@H]2O)cc1. The maximum Gasteiger partial charge on any atom is 0.180 e. The van der Waals surface area contributed by atoms with Gasteiger partial charge in [-0.05, 0) is 29.8 Å². The summed E-state index contributed by atoms with van der Waals surface area (Å²) in [5.41, 5.74) is 0.744. The predicted octanol–water partition coefficient (Wildman–Crippen LogP) is -1.09. The molecule has 0 unspecified atom stereocenters. The summed E-state index contributed by atoms with van der Waals surface area (Å²) in [6, 6.07) is 6.00. The smallest absolute Gasteiger partial charge is 0.180 e. The molecule has 4 N–H and O–H groups in total. The molecule has 2 rings (SSSR count). The van der Waals surface area contributed by atoms with Crippen LogP contribution in [0.5, 0.6) is 5.75 Å². The lowest BCUT2D eigenvalue weighted by molar-refractivity contribution is -0.248. The van der Waals surface area contributed by atoms with Gasteiger partial charge in [-0.1, -0.05) is 0 Å². The number of methoxy groups -OCH3 is 1. The maximum atomic E-state index is 9.93. The zero-order chi connectivity index (χ0) is 15.4. The van der Waals surface area contributed by atoms with Crippen molar-refractivity contribution in [2.75, 3.05) is 13.7 Å². The molecule has 0 bridgehead atoms. The van der Waals surface area contributed by atoms with E-state index >= 15 is 0 Å². The Labute approximate surface area is 122 Å². The summed E-state index contributed by atoms with van der Waals surface area (Å²) in [7, 11) is 1.56. The summed E-state index contributed by atoms with van der Waals surface area (Å²) in [5.74, 6) is 0.703. The first-order valence-corrected chi connectivity index (χ1v) is 6.54. The average molecular weight is 297 g/mol. The summed E-state index contributed by atoms with van der Waals surface area (Å²) in [4.78, 5) is 4.06. The highest BCUT2D eigenvalue weighted by atomic mass is 16.6. The molecule has 1 aliphatic heterocycles. The van der Waals surface area contributed by atoms with E-state index in [2.05, 4.69) is 4.99 Å². The molecule has 0 aliphatic carbocycles. The molecule has 21 heavy (non-hydrogen) atoms. The summed E-state index contributed by atoms with van der Waals surface area (Å²) in [6.45, 7) is -0.496. The molecular formula is C14H19NO6. The van der Waals surface area contributed by atoms with Gasteiger partial charge < -0.3 is 29.9 Å². The third kappa shape index (κ3) is 3.58. The summed E-state index contributed by atoms with van der Waals surface area (Å²) < 4.78 is 10.1. The molecule has 0 spiro atoms. The van der Waals surface area contributed by atoms with Crippen LogP contribution >= 0.6 is 0 Å². The Hall–Kier alpha value is -1.51. The van der Waals surface area contributed by atoms with Gasteiger partial charge in [0.05, 0.1) is 13.7 Å². The minimum absolute atomic E-state index is 0.496. The third-order valence-electron chi connectivity index (χ3n) is 3.38. The second kappa shape index (κ2) is 6.97. The van der Waals surface area contributed by atoms with Gasteiger partial charge in [0.2, 0.25) is 0 Å². The van der Waals surface area contributed by atoms with Gasteiger partial charge in [-0.3, -0.25) is 4.99 Å². The van der Waals surface area contributed by atoms with Crippen LogP contribution < -0.4 is 4.74 Å². The Morgan fingerprint density at radius 2 is 1.86 bits per heavy atom. The van der Waals surface area contributed by atoms with Crippen molar-refractivity contribution in [3.05, 3.63) is 29.8 Å². The number of aliphatic imine (C=N–C) groups is 1. The monoisotopic (exact) mass is 297 g/mol. The van der Waals surface area contributed by atoms with E-state index in [1.54, 1.807) is 31.4 Å². The minimum Gasteiger partial charge on any atom is -0.497 e. The van der Waals surface area contributed by atoms with E-state index in [0.717, 1.165) is 5.56 Å². The Balaban J connectivity index is 2.08. The lowest BCUT2D eigenvalue weighted by Crippen LogP contribution is -2.57. The molecule has 1 aromatic rings. The van der Waals surface area contributed by atoms with E-state index in [0.29, 0.717) is 5.75 Å². The van der Waals surface area contributed by atoms with Crippen LogP contribution in [0.2, 0.25) is 0 Å². The zero-order valence-electron chi connectivity index (χ0n) is 11.5. The van der Waals surface area contributed by atoms with E-state index in [-0.39, 0.29) is 0 Å². The third-order valence-corrected chi connectivity index (χ3v) is 3.38. The van der Waals surface area contributed by atoms with Crippen LogP contribution in [-0.4, -0.2) is 71.0 Å². The number of rotatable bonds is 4. The number of hydrogen-bond donors (Lipinski definition) is 4. The molecule has 1 aromatic carbocycles. The van der Waals surface area contributed by atoms with Gasteiger partial charge >= 0.3 is 0 Å². The standard InChI is InChI=1S/C14H19NO6/c1-20-9-4-2-8(3-5-9)6-15-11-13(18)12(17)10(7-16)21-14(11)19/h2-6,10-14,16-19H,7H2,1H3/t10-,11-,12+,13-,14-/m1/s1. The van der Waals surface area contributed by atoms with Crippen LogP contribution in [0.1, 0.15) is 5.56 Å². The van der Waals surface area contributed by atoms with Crippen molar-refractivity contribution in [3.8, 4) is 5.75 Å². The number of benzene rings is 1. The van der Waals surface area contributed by atoms with E-state index in [9.17, 15) is 15.3 Å². The summed E-state index contributed by atoms with van der Waals surface area (Å²) >= 11 is 0. The van der Waals surface area contributed by atoms with Gasteiger partial charge in [0.1, 0.15) is 30.1 Å². The van der Waals surface area contributed by atoms with Gasteiger partial charge in [-0.2, -0.15) is 0 Å². The maximum absolute atomic E-state index is 9.93. The first-order chi connectivity index (χ1) is 10.1. The van der Waals surface area contributed by atoms with Crippen LogP contribution in [0.3, 0.4) is 0 Å². The van der Waals surface area contributed by atoms with E-state index < -0.39 is 37.3 Å². The van der Waals surface area contributed by atoms with Gasteiger partial charge in [-0.15, -0.1) is 0 Å². The predicted molar refractivity (Wildman–Crippen MR) is 74.4 cm³/mol. The average Bonchev–Trinajstić information content (AvgIpc) is 2.51. The molecule has 7 heteroatoms. The van der Waals surface area contributed by atoms with Crippen LogP contribution in [0, 0.1) is 0 Å². The molecule has 5 atom stereocenters. The fourth-order valence-corrected chi connectivity index (χ4v) is 2.11. The van der Waals surface area contributed by atoms with Crippen molar-refractivity contribution in [2.24, 2.45) is 4.99 Å². The topological polar surface area (TPSA) is 112 Å². The highest BCUT2D eigenvalue weighted by molar-refractivity contribution is 5.79. The van der Waals surface area contributed by atoms with E-state index in [1.807, 2.05) is 0 Å². The fraction of sp³-hybridized carbons (Fsp3) is 0.500. The van der Waals surface area contributed by atoms with E-state index in [4.69, 9.17) is 14.6 Å². The van der Waals surface area contributed by atoms with Crippen molar-refractivity contribution in [1.29, 1.82) is 0 Å². The second-order valence-corrected chi connectivity index (χ2v) is 4.77. The molecule has 0 amide bonds. The molecule has 1 fully saturated rings. The second-order valence-electron chi connectivity index (χ2n) is 4.77. The van der Waals surface area contributed by atoms with Gasteiger partial charge in [-0.25, -0.2) is 0 Å². The number of ether oxygens (including phenoxy) is 2. The summed E-state index contributed by atoms with van der Waals surface area (Å²) in [6.07, 6.45) is -3.58. The molecule has 0 saturated carbocycles. The first-order valence-electron chi connectivity index (χ1n) is 6.54. The lowest BCUT2D eigenvalue weighted by atomic mass is 9.97. The van der Waals surface area contributed by atoms with Gasteiger partial charge in [0.15, 0.2) is 6.29 Å². The Bertz CT molecular complexity index is 477. The van der Waals surface area contributed by atoms with Gasteiger partial charge in [0, 0.05) is 6.21 Å². The van der Waals surface area contributed by atoms with Crippen molar-refractivity contribution in [2.45, 2.75) is 30.6 Å². The van der Waals surface area contributed by atoms with Crippen molar-refractivity contribution >= 4 is 6.21 Å². The van der Waals surface area contributed by atoms with Crippen molar-refractivity contribution in [1.82, 2.24) is 0 Å². The quantitative estimate of drug-likeness (QED) is 0.526. The number of aliphatic hydroxyl groups is 4.